The van der Waals surface area contributed by atoms with Crippen LogP contribution in [0.15, 0.2) is 36.4 Å². The largest absolute Gasteiger partial charge is 0.490 e. The SMILES string of the molecule is CCCn1nnnc1NCc1cc(Cl)c(OCc2cccc(Cl)c2)c(OCC)c1. The maximum absolute atomic E-state index is 6.51. The highest BCUT2D eigenvalue weighted by molar-refractivity contribution is 6.32. The highest BCUT2D eigenvalue weighted by Crippen LogP contribution is 2.37. The van der Waals surface area contributed by atoms with Gasteiger partial charge in [0, 0.05) is 18.1 Å². The monoisotopic (exact) mass is 435 g/mol. The number of anilines is 1. The first-order chi connectivity index (χ1) is 14.1. The van der Waals surface area contributed by atoms with E-state index in [1.54, 1.807) is 4.68 Å². The highest BCUT2D eigenvalue weighted by Gasteiger charge is 2.14. The van der Waals surface area contributed by atoms with Crippen LogP contribution in [-0.4, -0.2) is 26.8 Å². The van der Waals surface area contributed by atoms with E-state index < -0.39 is 0 Å². The molecule has 1 heterocycles. The molecule has 0 aliphatic rings. The molecule has 3 aromatic rings. The Morgan fingerprint density at radius 1 is 1.07 bits per heavy atom. The number of nitrogens with zero attached hydrogens (tertiary/aromatic N) is 4. The van der Waals surface area contributed by atoms with E-state index in [9.17, 15) is 0 Å². The summed E-state index contributed by atoms with van der Waals surface area (Å²) in [6, 6.07) is 11.3. The number of nitrogens with one attached hydrogen (secondary N) is 1. The number of ether oxygens (including phenoxy) is 2. The molecular weight excluding hydrogens is 413 g/mol. The van der Waals surface area contributed by atoms with Gasteiger partial charge < -0.3 is 14.8 Å². The lowest BCUT2D eigenvalue weighted by atomic mass is 10.2. The predicted octanol–water partition coefficient (Wildman–Crippen LogP) is 4.98. The summed E-state index contributed by atoms with van der Waals surface area (Å²) in [5.41, 5.74) is 1.88. The molecule has 0 aliphatic carbocycles. The number of tetrazole rings is 1. The molecule has 1 aromatic heterocycles. The maximum atomic E-state index is 6.51. The van der Waals surface area contributed by atoms with Gasteiger partial charge in [0.25, 0.3) is 0 Å². The van der Waals surface area contributed by atoms with Crippen LogP contribution in [0.25, 0.3) is 0 Å². The molecule has 0 bridgehead atoms. The zero-order chi connectivity index (χ0) is 20.6. The zero-order valence-corrected chi connectivity index (χ0v) is 17.9. The van der Waals surface area contributed by atoms with Gasteiger partial charge in [-0.3, -0.25) is 0 Å². The molecule has 3 rings (SSSR count). The first-order valence-electron chi connectivity index (χ1n) is 9.43. The molecule has 0 saturated carbocycles. The summed E-state index contributed by atoms with van der Waals surface area (Å²) in [5.74, 6) is 1.71. The van der Waals surface area contributed by atoms with Gasteiger partial charge in [0.05, 0.1) is 11.6 Å². The van der Waals surface area contributed by atoms with Crippen molar-refractivity contribution in [3.8, 4) is 11.5 Å². The van der Waals surface area contributed by atoms with Crippen molar-refractivity contribution in [1.82, 2.24) is 20.2 Å². The molecule has 0 fully saturated rings. The van der Waals surface area contributed by atoms with Gasteiger partial charge in [-0.1, -0.05) is 47.4 Å². The fraction of sp³-hybridized carbons (Fsp3) is 0.350. The molecule has 0 saturated heterocycles. The number of aryl methyl sites for hydroxylation is 1. The Morgan fingerprint density at radius 3 is 2.69 bits per heavy atom. The van der Waals surface area contributed by atoms with Gasteiger partial charge in [-0.25, -0.2) is 4.68 Å². The van der Waals surface area contributed by atoms with Crippen LogP contribution in [-0.2, 0) is 19.7 Å². The van der Waals surface area contributed by atoms with Crippen LogP contribution in [0, 0.1) is 0 Å². The van der Waals surface area contributed by atoms with Crippen molar-refractivity contribution in [2.45, 2.75) is 40.0 Å². The van der Waals surface area contributed by atoms with Gasteiger partial charge in [-0.2, -0.15) is 0 Å². The quantitative estimate of drug-likeness (QED) is 0.483. The molecule has 0 unspecified atom stereocenters. The molecule has 29 heavy (non-hydrogen) atoms. The minimum atomic E-state index is 0.337. The number of halogens is 2. The summed E-state index contributed by atoms with van der Waals surface area (Å²) in [7, 11) is 0. The number of hydrogen-bond donors (Lipinski definition) is 1. The molecule has 1 N–H and O–H groups in total. The number of aromatic nitrogens is 4. The van der Waals surface area contributed by atoms with Crippen molar-refractivity contribution in [1.29, 1.82) is 0 Å². The lowest BCUT2D eigenvalue weighted by Crippen LogP contribution is -2.09. The third-order valence-electron chi connectivity index (χ3n) is 4.06. The Bertz CT molecular complexity index is 948. The van der Waals surface area contributed by atoms with Gasteiger partial charge in [-0.15, -0.1) is 0 Å². The topological polar surface area (TPSA) is 74.1 Å². The van der Waals surface area contributed by atoms with Crippen LogP contribution >= 0.6 is 23.2 Å². The van der Waals surface area contributed by atoms with Crippen molar-refractivity contribution in [2.75, 3.05) is 11.9 Å². The van der Waals surface area contributed by atoms with E-state index in [2.05, 4.69) is 27.8 Å². The lowest BCUT2D eigenvalue weighted by molar-refractivity contribution is 0.269. The lowest BCUT2D eigenvalue weighted by Gasteiger charge is -2.16. The Labute approximate surface area is 179 Å². The Kier molecular flexibility index (Phi) is 7.55. The molecular formula is C20H23Cl2N5O2. The molecule has 0 atom stereocenters. The summed E-state index contributed by atoms with van der Waals surface area (Å²) >= 11 is 12.5. The van der Waals surface area contributed by atoms with Gasteiger partial charge in [0.1, 0.15) is 6.61 Å². The number of rotatable bonds is 10. The third-order valence-corrected chi connectivity index (χ3v) is 4.58. The van der Waals surface area contributed by atoms with Gasteiger partial charge in [-0.05, 0) is 59.2 Å². The van der Waals surface area contributed by atoms with E-state index >= 15 is 0 Å². The van der Waals surface area contributed by atoms with Crippen LogP contribution in [0.1, 0.15) is 31.4 Å². The Balaban J connectivity index is 1.74. The standard InChI is InChI=1S/C20H23Cl2N5O2/c1-3-8-27-20(24-25-26-27)23-12-15-10-17(22)19(18(11-15)28-4-2)29-13-14-6-5-7-16(21)9-14/h5-7,9-11H,3-4,8,12-13H2,1-2H3,(H,23,24,26). The zero-order valence-electron chi connectivity index (χ0n) is 16.4. The summed E-state index contributed by atoms with van der Waals surface area (Å²) in [6.07, 6.45) is 0.943. The van der Waals surface area contributed by atoms with Gasteiger partial charge >= 0.3 is 0 Å². The highest BCUT2D eigenvalue weighted by atomic mass is 35.5. The van der Waals surface area contributed by atoms with Crippen LogP contribution in [0.4, 0.5) is 5.95 Å². The van der Waals surface area contributed by atoms with Crippen molar-refractivity contribution in [3.63, 3.8) is 0 Å². The minimum absolute atomic E-state index is 0.337. The van der Waals surface area contributed by atoms with Crippen molar-refractivity contribution >= 4 is 29.2 Å². The van der Waals surface area contributed by atoms with Crippen LogP contribution in [0.3, 0.4) is 0 Å². The second-order valence-corrected chi connectivity index (χ2v) is 7.18. The summed E-state index contributed by atoms with van der Waals surface area (Å²) in [6.45, 7) is 6.06. The second-order valence-electron chi connectivity index (χ2n) is 6.34. The smallest absolute Gasteiger partial charge is 0.243 e. The van der Waals surface area contributed by atoms with E-state index in [1.165, 1.54) is 0 Å². The van der Waals surface area contributed by atoms with Crippen molar-refractivity contribution in [3.05, 3.63) is 57.6 Å². The number of hydrogen-bond acceptors (Lipinski definition) is 6. The molecule has 9 heteroatoms. The Morgan fingerprint density at radius 2 is 1.93 bits per heavy atom. The molecule has 2 aromatic carbocycles. The maximum Gasteiger partial charge on any atom is 0.243 e. The van der Waals surface area contributed by atoms with E-state index in [0.29, 0.717) is 47.3 Å². The fourth-order valence-electron chi connectivity index (χ4n) is 2.78. The van der Waals surface area contributed by atoms with Crippen LogP contribution < -0.4 is 14.8 Å². The average Bonchev–Trinajstić information content (AvgIpc) is 3.13. The second kappa shape index (κ2) is 10.3. The van der Waals surface area contributed by atoms with Gasteiger partial charge in [0.2, 0.25) is 5.95 Å². The van der Waals surface area contributed by atoms with Crippen LogP contribution in [0.5, 0.6) is 11.5 Å². The average molecular weight is 436 g/mol. The van der Waals surface area contributed by atoms with E-state index in [-0.39, 0.29) is 0 Å². The first-order valence-corrected chi connectivity index (χ1v) is 10.2. The molecule has 154 valence electrons. The predicted molar refractivity (Wildman–Crippen MR) is 114 cm³/mol. The summed E-state index contributed by atoms with van der Waals surface area (Å²) < 4.78 is 13.4. The summed E-state index contributed by atoms with van der Waals surface area (Å²) in [5, 5.41) is 16.1. The van der Waals surface area contributed by atoms with Crippen molar-refractivity contribution < 1.29 is 9.47 Å². The third kappa shape index (κ3) is 5.74. The molecule has 0 amide bonds. The molecule has 0 aliphatic heterocycles. The molecule has 0 spiro atoms. The van der Waals surface area contributed by atoms with Gasteiger partial charge in [0.15, 0.2) is 11.5 Å². The van der Waals surface area contributed by atoms with Crippen LogP contribution in [0.2, 0.25) is 10.0 Å². The van der Waals surface area contributed by atoms with Crippen molar-refractivity contribution in [2.24, 2.45) is 0 Å². The first kappa shape index (κ1) is 21.2. The molecule has 7 nitrogen and oxygen atoms in total. The van der Waals surface area contributed by atoms with E-state index in [1.807, 2.05) is 43.3 Å². The Hall–Kier alpha value is -2.51. The van der Waals surface area contributed by atoms with E-state index in [4.69, 9.17) is 32.7 Å². The fourth-order valence-corrected chi connectivity index (χ4v) is 3.28. The van der Waals surface area contributed by atoms with E-state index in [0.717, 1.165) is 24.1 Å². The minimum Gasteiger partial charge on any atom is -0.490 e. The normalized spacial score (nSPS) is 10.8. The summed E-state index contributed by atoms with van der Waals surface area (Å²) in [4.78, 5) is 0. The molecule has 0 radical (unpaired) electrons. The number of benzene rings is 2.